The number of carboxylic acids is 3. The van der Waals surface area contributed by atoms with Gasteiger partial charge in [-0.1, -0.05) is 19.1 Å². The number of rotatable bonds is 7. The van der Waals surface area contributed by atoms with Crippen LogP contribution in [0.4, 0.5) is 10.1 Å². The molecule has 0 aromatic heterocycles. The zero-order valence-electron chi connectivity index (χ0n) is 19.9. The number of carbonyl (C=O) groups is 4. The minimum atomic E-state index is -2.74. The van der Waals surface area contributed by atoms with E-state index in [0.29, 0.717) is 0 Å². The van der Waals surface area contributed by atoms with Gasteiger partial charge in [-0.05, 0) is 30.7 Å². The Balaban J connectivity index is 0.000000240. The van der Waals surface area contributed by atoms with Crippen LogP contribution in [0.1, 0.15) is 47.7 Å². The van der Waals surface area contributed by atoms with Crippen molar-refractivity contribution >= 4 is 40.8 Å². The van der Waals surface area contributed by atoms with Crippen LogP contribution in [0.5, 0.6) is 0 Å². The van der Waals surface area contributed by atoms with Crippen molar-refractivity contribution in [3.8, 4) is 0 Å². The summed E-state index contributed by atoms with van der Waals surface area (Å²) in [6, 6.07) is 12.5. The summed E-state index contributed by atoms with van der Waals surface area (Å²) in [6.45, 7) is 2.05. The Kier molecular flexibility index (Phi) is 7.12. The lowest BCUT2D eigenvalue weighted by Crippen LogP contribution is -2.57. The third-order valence-electron chi connectivity index (χ3n) is 6.19. The van der Waals surface area contributed by atoms with Crippen molar-refractivity contribution in [2.45, 2.75) is 31.8 Å². The van der Waals surface area contributed by atoms with Crippen molar-refractivity contribution in [3.05, 3.63) is 65.0 Å². The van der Waals surface area contributed by atoms with Gasteiger partial charge in [0.15, 0.2) is 17.0 Å². The van der Waals surface area contributed by atoms with Gasteiger partial charge in [-0.3, -0.25) is 9.59 Å². The summed E-state index contributed by atoms with van der Waals surface area (Å²) in [5.41, 5.74) is 2.66. The number of hydrogen-bond donors (Lipinski definition) is 4. The van der Waals surface area contributed by atoms with Crippen LogP contribution in [0.25, 0.3) is 11.3 Å². The molecule has 2 heterocycles. The summed E-state index contributed by atoms with van der Waals surface area (Å²) >= 11 is 0. The van der Waals surface area contributed by atoms with E-state index in [-0.39, 0.29) is 16.3 Å². The van der Waals surface area contributed by atoms with E-state index in [9.17, 15) is 23.6 Å². The molecule has 1 unspecified atom stereocenters. The molecule has 4 rings (SSSR count). The highest BCUT2D eigenvalue weighted by Crippen LogP contribution is 2.56. The van der Waals surface area contributed by atoms with Crippen molar-refractivity contribution in [1.82, 2.24) is 9.60 Å². The monoisotopic (exact) mass is 501 g/mol. The van der Waals surface area contributed by atoms with Gasteiger partial charge in [-0.2, -0.15) is 0 Å². The SMILES string of the molecule is CCC1=C2c3ccccc3C(=O)[N+]2(N(C)C)c2ccc(F)cc21.O=C(O)CC(O)(CC(=O)O)C(=O)O. The van der Waals surface area contributed by atoms with Crippen molar-refractivity contribution in [3.63, 3.8) is 0 Å². The number of fused-ring (bicyclic) bond motifs is 5. The van der Waals surface area contributed by atoms with Gasteiger partial charge in [0, 0.05) is 25.7 Å². The molecule has 1 atom stereocenters. The molecule has 190 valence electrons. The number of amides is 1. The number of quaternary nitrogens is 1. The van der Waals surface area contributed by atoms with E-state index in [2.05, 4.69) is 6.92 Å². The summed E-state index contributed by atoms with van der Waals surface area (Å²) in [5.74, 6) is -5.26. The zero-order chi connectivity index (χ0) is 27.0. The normalized spacial score (nSPS) is 17.8. The molecule has 0 saturated heterocycles. The number of carbonyl (C=O) groups excluding carboxylic acids is 1. The molecule has 2 aromatic rings. The number of aliphatic carboxylic acids is 3. The van der Waals surface area contributed by atoms with E-state index in [1.54, 1.807) is 12.1 Å². The largest absolute Gasteiger partial charge is 0.481 e. The molecule has 4 N–H and O–H groups in total. The molecule has 2 aliphatic rings. The van der Waals surface area contributed by atoms with Crippen LogP contribution in [0.3, 0.4) is 0 Å². The average Bonchev–Trinajstić information content (AvgIpc) is 3.21. The second-order valence-electron chi connectivity index (χ2n) is 8.65. The molecule has 2 aromatic carbocycles. The predicted molar refractivity (Wildman–Crippen MR) is 127 cm³/mol. The summed E-state index contributed by atoms with van der Waals surface area (Å²) in [7, 11) is 3.80. The number of allylic oxidation sites excluding steroid dienone is 1. The lowest BCUT2D eigenvalue weighted by molar-refractivity contribution is -0.170. The molecule has 0 bridgehead atoms. The fraction of sp³-hybridized carbons (Fsp3) is 0.280. The summed E-state index contributed by atoms with van der Waals surface area (Å²) in [6.07, 6.45) is -1.54. The highest BCUT2D eigenvalue weighted by Gasteiger charge is 2.60. The van der Waals surface area contributed by atoms with Crippen LogP contribution >= 0.6 is 0 Å². The maximum atomic E-state index is 13.8. The first-order valence-corrected chi connectivity index (χ1v) is 11.0. The molecule has 0 fully saturated rings. The van der Waals surface area contributed by atoms with Gasteiger partial charge < -0.3 is 20.4 Å². The third kappa shape index (κ3) is 4.17. The van der Waals surface area contributed by atoms with E-state index >= 15 is 0 Å². The smallest absolute Gasteiger partial charge is 0.376 e. The standard InChI is InChI=1S/C19H18FN2O.C6H8O7/c1-4-13-16-11-12(20)9-10-17(16)22(21(2)3)18(13)14-7-5-6-8-15(14)19(22)23;7-3(8)1-6(13,5(11)12)2-4(9)10/h5-11H,4H2,1-3H3;13H,1-2H2,(H,7,8)(H,9,10)(H,11,12)/q+1;. The Morgan fingerprint density at radius 1 is 0.944 bits per heavy atom. The van der Waals surface area contributed by atoms with Crippen molar-refractivity contribution in [1.29, 1.82) is 0 Å². The molecule has 2 aliphatic heterocycles. The Morgan fingerprint density at radius 2 is 1.50 bits per heavy atom. The average molecular weight is 501 g/mol. The van der Waals surface area contributed by atoms with E-state index in [1.165, 1.54) is 6.07 Å². The third-order valence-corrected chi connectivity index (χ3v) is 6.19. The molecule has 11 heteroatoms. The number of hydrogen-bond acceptors (Lipinski definition) is 6. The van der Waals surface area contributed by atoms with Crippen LogP contribution in [0, 0.1) is 5.82 Å². The van der Waals surface area contributed by atoms with Gasteiger partial charge in [-0.15, -0.1) is 9.60 Å². The Bertz CT molecular complexity index is 1290. The van der Waals surface area contributed by atoms with Gasteiger partial charge >= 0.3 is 23.8 Å². The van der Waals surface area contributed by atoms with Crippen LogP contribution < -0.4 is 4.59 Å². The first-order chi connectivity index (χ1) is 16.8. The molecule has 0 radical (unpaired) electrons. The van der Waals surface area contributed by atoms with Crippen LogP contribution in [-0.2, 0) is 14.4 Å². The second kappa shape index (κ2) is 9.61. The van der Waals surface area contributed by atoms with Gasteiger partial charge in [0.2, 0.25) is 0 Å². The van der Waals surface area contributed by atoms with E-state index in [1.807, 2.05) is 43.4 Å². The lowest BCUT2D eigenvalue weighted by Gasteiger charge is -2.34. The highest BCUT2D eigenvalue weighted by molar-refractivity contribution is 6.25. The van der Waals surface area contributed by atoms with E-state index in [4.69, 9.17) is 20.4 Å². The van der Waals surface area contributed by atoms with Gasteiger partial charge in [0.25, 0.3) is 0 Å². The fourth-order valence-electron chi connectivity index (χ4n) is 4.74. The molecule has 1 amide bonds. The van der Waals surface area contributed by atoms with Gasteiger partial charge in [-0.25, -0.2) is 14.0 Å². The number of halogens is 1. The second-order valence-corrected chi connectivity index (χ2v) is 8.65. The first kappa shape index (κ1) is 26.7. The Morgan fingerprint density at radius 3 is 1.97 bits per heavy atom. The Hall–Kier alpha value is -3.93. The van der Waals surface area contributed by atoms with Gasteiger partial charge in [0.1, 0.15) is 5.82 Å². The van der Waals surface area contributed by atoms with E-state index in [0.717, 1.165) is 40.1 Å². The number of nitrogens with zero attached hydrogens (tertiary/aromatic N) is 2. The highest BCUT2D eigenvalue weighted by atomic mass is 19.1. The summed E-state index contributed by atoms with van der Waals surface area (Å²) in [5, 5.41) is 35.7. The molecule has 0 aliphatic carbocycles. The van der Waals surface area contributed by atoms with E-state index < -0.39 is 36.4 Å². The van der Waals surface area contributed by atoms with Crippen molar-refractivity contribution in [2.24, 2.45) is 0 Å². The summed E-state index contributed by atoms with van der Waals surface area (Å²) < 4.78 is 13.9. The topological polar surface area (TPSA) is 152 Å². The maximum Gasteiger partial charge on any atom is 0.376 e. The van der Waals surface area contributed by atoms with Gasteiger partial charge in [0.05, 0.1) is 29.5 Å². The quantitative estimate of drug-likeness (QED) is 0.420. The molecule has 36 heavy (non-hydrogen) atoms. The fourth-order valence-corrected chi connectivity index (χ4v) is 4.74. The molecule has 10 nitrogen and oxygen atoms in total. The predicted octanol–water partition coefficient (Wildman–Crippen LogP) is 2.81. The van der Waals surface area contributed by atoms with Crippen molar-refractivity contribution in [2.75, 3.05) is 14.1 Å². The minimum Gasteiger partial charge on any atom is -0.481 e. The number of carboxylic acid groups (broad SMARTS) is 3. The van der Waals surface area contributed by atoms with Crippen LogP contribution in [0.2, 0.25) is 0 Å². The molecular weight excluding hydrogens is 475 g/mol. The lowest BCUT2D eigenvalue weighted by atomic mass is 9.96. The minimum absolute atomic E-state index is 0.0249. The Labute approximate surface area is 205 Å². The first-order valence-electron chi connectivity index (χ1n) is 11.0. The summed E-state index contributed by atoms with van der Waals surface area (Å²) in [4.78, 5) is 43.8. The number of benzene rings is 2. The maximum absolute atomic E-state index is 13.8. The van der Waals surface area contributed by atoms with Crippen LogP contribution in [-0.4, -0.2) is 68.9 Å². The zero-order valence-corrected chi connectivity index (χ0v) is 19.9. The molecular formula is C25H26FN2O8+. The molecule has 0 spiro atoms. The molecule has 0 saturated carbocycles. The van der Waals surface area contributed by atoms with Crippen molar-refractivity contribution < 1.29 is 44.0 Å². The number of aliphatic hydroxyl groups is 1. The van der Waals surface area contributed by atoms with Crippen LogP contribution in [0.15, 0.2) is 42.5 Å².